The number of rotatable bonds is 4. The summed E-state index contributed by atoms with van der Waals surface area (Å²) in [5.74, 6) is -0.829. The normalized spacial score (nSPS) is 17.7. The predicted molar refractivity (Wildman–Crippen MR) is 108 cm³/mol. The first kappa shape index (κ1) is 19.9. The summed E-state index contributed by atoms with van der Waals surface area (Å²) in [6.07, 6.45) is -3.31. The average molecular weight is 430 g/mol. The Hall–Kier alpha value is -3.40. The largest absolute Gasteiger partial charge is 0.488 e. The number of carbonyl (C=O) groups is 1. The molecule has 6 nitrogen and oxygen atoms in total. The minimum absolute atomic E-state index is 0.178. The number of hydrogen-bond acceptors (Lipinski definition) is 5. The van der Waals surface area contributed by atoms with Crippen molar-refractivity contribution in [2.24, 2.45) is 10.1 Å². The van der Waals surface area contributed by atoms with Crippen LogP contribution >= 0.6 is 11.8 Å². The molecule has 1 N–H and O–H groups in total. The number of fused-ring (bicyclic) bond motifs is 1. The molecule has 4 rings (SSSR count). The SMILES string of the molecule is N=C1C(=Cc2ccccc2OCc2ccccc2)C(=O)N=C2SC(C(F)(F)F)=NN12. The summed E-state index contributed by atoms with van der Waals surface area (Å²) in [7, 11) is 0. The molecule has 0 fully saturated rings. The maximum absolute atomic E-state index is 12.9. The highest BCUT2D eigenvalue weighted by Gasteiger charge is 2.46. The van der Waals surface area contributed by atoms with Gasteiger partial charge in [0, 0.05) is 5.56 Å². The Labute approximate surface area is 173 Å². The molecule has 2 aromatic rings. The molecule has 2 heterocycles. The van der Waals surface area contributed by atoms with Crippen molar-refractivity contribution >= 4 is 39.8 Å². The summed E-state index contributed by atoms with van der Waals surface area (Å²) in [5, 5.41) is 10.8. The Bertz CT molecular complexity index is 1110. The van der Waals surface area contributed by atoms with E-state index >= 15 is 0 Å². The van der Waals surface area contributed by atoms with Gasteiger partial charge >= 0.3 is 6.18 Å². The van der Waals surface area contributed by atoms with E-state index in [1.807, 2.05) is 30.3 Å². The second-order valence-electron chi connectivity index (χ2n) is 6.24. The molecule has 0 saturated heterocycles. The highest BCUT2D eigenvalue weighted by molar-refractivity contribution is 8.27. The molecule has 2 aliphatic rings. The number of ether oxygens (including phenoxy) is 1. The van der Waals surface area contributed by atoms with Crippen LogP contribution in [0.2, 0.25) is 0 Å². The van der Waals surface area contributed by atoms with Gasteiger partial charge in [0.2, 0.25) is 10.2 Å². The van der Waals surface area contributed by atoms with Crippen molar-refractivity contribution in [3.63, 3.8) is 0 Å². The van der Waals surface area contributed by atoms with Gasteiger partial charge in [0.1, 0.15) is 12.4 Å². The van der Waals surface area contributed by atoms with Crippen LogP contribution < -0.4 is 4.74 Å². The van der Waals surface area contributed by atoms with Crippen LogP contribution in [0.3, 0.4) is 0 Å². The molecule has 30 heavy (non-hydrogen) atoms. The predicted octanol–water partition coefficient (Wildman–Crippen LogP) is 4.45. The van der Waals surface area contributed by atoms with E-state index in [2.05, 4.69) is 10.1 Å². The fraction of sp³-hybridized carbons (Fsp3) is 0.100. The van der Waals surface area contributed by atoms with Crippen LogP contribution in [0.1, 0.15) is 11.1 Å². The Morgan fingerprint density at radius 1 is 1.10 bits per heavy atom. The van der Waals surface area contributed by atoms with Crippen molar-refractivity contribution in [1.82, 2.24) is 5.01 Å². The number of thioether (sulfide) groups is 1. The summed E-state index contributed by atoms with van der Waals surface area (Å²) < 4.78 is 44.6. The van der Waals surface area contributed by atoms with Crippen LogP contribution in [0.25, 0.3) is 6.08 Å². The maximum atomic E-state index is 12.9. The average Bonchev–Trinajstić information content (AvgIpc) is 3.16. The van der Waals surface area contributed by atoms with E-state index < -0.39 is 23.0 Å². The quantitative estimate of drug-likeness (QED) is 0.727. The first-order valence-electron chi connectivity index (χ1n) is 8.66. The summed E-state index contributed by atoms with van der Waals surface area (Å²) in [4.78, 5) is 16.1. The van der Waals surface area contributed by atoms with E-state index in [1.165, 1.54) is 6.08 Å². The van der Waals surface area contributed by atoms with Gasteiger partial charge in [-0.1, -0.05) is 48.5 Å². The highest BCUT2D eigenvalue weighted by Crippen LogP contribution is 2.35. The van der Waals surface area contributed by atoms with Crippen LogP contribution in [-0.4, -0.2) is 33.1 Å². The number of nitrogens with zero attached hydrogens (tertiary/aromatic N) is 3. The number of benzene rings is 2. The third-order valence-electron chi connectivity index (χ3n) is 4.15. The zero-order valence-electron chi connectivity index (χ0n) is 15.2. The van der Waals surface area contributed by atoms with Crippen LogP contribution in [-0.2, 0) is 11.4 Å². The smallest absolute Gasteiger partial charge is 0.441 e. The number of nitrogens with one attached hydrogen (secondary N) is 1. The summed E-state index contributed by atoms with van der Waals surface area (Å²) in [6.45, 7) is 0.288. The fourth-order valence-corrected chi connectivity index (χ4v) is 3.49. The molecular weight excluding hydrogens is 417 g/mol. The van der Waals surface area contributed by atoms with Crippen molar-refractivity contribution in [1.29, 1.82) is 5.41 Å². The lowest BCUT2D eigenvalue weighted by Crippen LogP contribution is -2.35. The number of amides is 1. The molecule has 0 aliphatic carbocycles. The Morgan fingerprint density at radius 3 is 2.53 bits per heavy atom. The zero-order chi connectivity index (χ0) is 21.3. The van der Waals surface area contributed by atoms with Crippen molar-refractivity contribution < 1.29 is 22.7 Å². The van der Waals surface area contributed by atoms with Crippen molar-refractivity contribution in [2.75, 3.05) is 0 Å². The van der Waals surface area contributed by atoms with Crippen LogP contribution in [0, 0.1) is 5.41 Å². The number of hydrogen-bond donors (Lipinski definition) is 1. The lowest BCUT2D eigenvalue weighted by molar-refractivity contribution is -0.114. The van der Waals surface area contributed by atoms with Gasteiger partial charge in [-0.2, -0.15) is 28.3 Å². The Balaban J connectivity index is 1.62. The lowest BCUT2D eigenvalue weighted by Gasteiger charge is -2.20. The highest BCUT2D eigenvalue weighted by atomic mass is 32.2. The van der Waals surface area contributed by atoms with E-state index in [1.54, 1.807) is 24.3 Å². The second kappa shape index (κ2) is 7.79. The number of para-hydroxylation sites is 1. The van der Waals surface area contributed by atoms with E-state index in [0.717, 1.165) is 5.56 Å². The maximum Gasteiger partial charge on any atom is 0.441 e. The molecule has 2 aliphatic heterocycles. The second-order valence-corrected chi connectivity index (χ2v) is 7.19. The molecule has 0 spiro atoms. The van der Waals surface area contributed by atoms with Crippen LogP contribution in [0.5, 0.6) is 5.75 Å². The van der Waals surface area contributed by atoms with Gasteiger partial charge in [-0.25, -0.2) is 0 Å². The van der Waals surface area contributed by atoms with Gasteiger partial charge in [-0.15, -0.1) is 0 Å². The van der Waals surface area contributed by atoms with Crippen molar-refractivity contribution in [3.05, 3.63) is 71.3 Å². The summed E-state index contributed by atoms with van der Waals surface area (Å²) >= 11 is 0.214. The molecule has 0 saturated carbocycles. The van der Waals surface area contributed by atoms with E-state index in [4.69, 9.17) is 10.1 Å². The number of alkyl halides is 3. The fourth-order valence-electron chi connectivity index (χ4n) is 2.73. The number of aliphatic imine (C=N–C) groups is 1. The lowest BCUT2D eigenvalue weighted by atomic mass is 10.1. The Kier molecular flexibility index (Phi) is 5.17. The minimum Gasteiger partial charge on any atom is -0.488 e. The molecule has 2 aromatic carbocycles. The molecular formula is C20H13F3N4O2S. The number of carbonyl (C=O) groups excluding carboxylic acids is 1. The van der Waals surface area contributed by atoms with E-state index in [9.17, 15) is 18.0 Å². The Morgan fingerprint density at radius 2 is 1.80 bits per heavy atom. The topological polar surface area (TPSA) is 78.1 Å². The molecule has 0 unspecified atom stereocenters. The van der Waals surface area contributed by atoms with Gasteiger partial charge in [0.05, 0.1) is 5.57 Å². The molecule has 0 bridgehead atoms. The molecule has 0 aromatic heterocycles. The first-order chi connectivity index (χ1) is 14.3. The van der Waals surface area contributed by atoms with Crippen molar-refractivity contribution in [2.45, 2.75) is 12.8 Å². The third-order valence-corrected chi connectivity index (χ3v) is 5.11. The summed E-state index contributed by atoms with van der Waals surface area (Å²) in [5.41, 5.74) is 1.26. The van der Waals surface area contributed by atoms with Crippen LogP contribution in [0.15, 0.2) is 70.3 Å². The number of amidine groups is 2. The zero-order valence-corrected chi connectivity index (χ0v) is 16.0. The molecule has 0 atom stereocenters. The molecule has 0 radical (unpaired) electrons. The van der Waals surface area contributed by atoms with Crippen LogP contribution in [0.4, 0.5) is 13.2 Å². The third kappa shape index (κ3) is 3.99. The number of hydrazone groups is 1. The molecule has 10 heteroatoms. The summed E-state index contributed by atoms with van der Waals surface area (Å²) in [6, 6.07) is 16.3. The van der Waals surface area contributed by atoms with Gasteiger partial charge in [0.15, 0.2) is 5.84 Å². The van der Waals surface area contributed by atoms with Gasteiger partial charge in [0.25, 0.3) is 5.91 Å². The van der Waals surface area contributed by atoms with Gasteiger partial charge in [-0.05, 0) is 29.5 Å². The number of halogens is 3. The molecule has 152 valence electrons. The minimum atomic E-state index is -4.68. The first-order valence-corrected chi connectivity index (χ1v) is 9.48. The van der Waals surface area contributed by atoms with E-state index in [-0.39, 0.29) is 29.1 Å². The van der Waals surface area contributed by atoms with Crippen molar-refractivity contribution in [3.8, 4) is 5.75 Å². The van der Waals surface area contributed by atoms with Gasteiger partial charge in [-0.3, -0.25) is 10.2 Å². The standard InChI is InChI=1S/C20H13F3N4O2S/c21-20(22,23)18-26-27-16(24)14(17(28)25-19(27)30-18)10-13-8-4-5-9-15(13)29-11-12-6-2-1-3-7-12/h1-10,24H,11H2. The van der Waals surface area contributed by atoms with Gasteiger partial charge < -0.3 is 4.74 Å². The molecule has 1 amide bonds. The van der Waals surface area contributed by atoms with E-state index in [0.29, 0.717) is 16.3 Å². The monoisotopic (exact) mass is 430 g/mol.